The van der Waals surface area contributed by atoms with E-state index in [0.29, 0.717) is 0 Å². The van der Waals surface area contributed by atoms with Gasteiger partial charge in [0.15, 0.2) is 0 Å². The summed E-state index contributed by atoms with van der Waals surface area (Å²) in [5.41, 5.74) is 8.48. The number of pyridine rings is 4. The molecule has 4 heterocycles. The van der Waals surface area contributed by atoms with Crippen LogP contribution in [0.5, 0.6) is 0 Å². The van der Waals surface area contributed by atoms with Gasteiger partial charge in [-0.25, -0.2) is 4.98 Å². The molecule has 0 amide bonds. The van der Waals surface area contributed by atoms with Gasteiger partial charge in [-0.05, 0) is 93.7 Å². The second kappa shape index (κ2) is 9.79. The Morgan fingerprint density at radius 3 is 1.45 bits per heavy atom. The van der Waals surface area contributed by atoms with Crippen molar-refractivity contribution in [1.29, 1.82) is 0 Å². The molecule has 0 aliphatic carbocycles. The highest BCUT2D eigenvalue weighted by Gasteiger charge is 2.18. The lowest BCUT2D eigenvalue weighted by Crippen LogP contribution is -1.93. The maximum atomic E-state index is 5.44. The van der Waals surface area contributed by atoms with E-state index >= 15 is 0 Å². The first-order valence-corrected chi connectivity index (χ1v) is 14.7. The van der Waals surface area contributed by atoms with Crippen LogP contribution >= 0.6 is 0 Å². The quantitative estimate of drug-likeness (QED) is 0.202. The van der Waals surface area contributed by atoms with Crippen molar-refractivity contribution in [2.45, 2.75) is 0 Å². The zero-order chi connectivity index (χ0) is 29.0. The van der Waals surface area contributed by atoms with Gasteiger partial charge < -0.3 is 0 Å². The van der Waals surface area contributed by atoms with Crippen LogP contribution in [0.15, 0.2) is 146 Å². The average molecular weight is 561 g/mol. The number of rotatable bonds is 3. The third kappa shape index (κ3) is 3.78. The molecular weight excluding hydrogens is 536 g/mol. The number of hydrogen-bond donors (Lipinski definition) is 0. The Morgan fingerprint density at radius 1 is 0.341 bits per heavy atom. The van der Waals surface area contributed by atoms with Gasteiger partial charge in [0.05, 0.1) is 16.7 Å². The molecule has 5 aromatic carbocycles. The topological polar surface area (TPSA) is 51.6 Å². The van der Waals surface area contributed by atoms with Gasteiger partial charge in [0.1, 0.15) is 0 Å². The Morgan fingerprint density at radius 2 is 0.841 bits per heavy atom. The van der Waals surface area contributed by atoms with Gasteiger partial charge in [-0.1, -0.05) is 54.6 Å². The van der Waals surface area contributed by atoms with Crippen molar-refractivity contribution in [1.82, 2.24) is 19.9 Å². The van der Waals surface area contributed by atoms with Gasteiger partial charge in [-0.3, -0.25) is 15.0 Å². The van der Waals surface area contributed by atoms with Crippen molar-refractivity contribution >= 4 is 54.1 Å². The molecule has 4 aromatic heterocycles. The lowest BCUT2D eigenvalue weighted by molar-refractivity contribution is 1.32. The summed E-state index contributed by atoms with van der Waals surface area (Å²) in [5.74, 6) is 0. The molecule has 9 aromatic rings. The van der Waals surface area contributed by atoms with Crippen LogP contribution in [0.1, 0.15) is 0 Å². The van der Waals surface area contributed by atoms with Crippen molar-refractivity contribution in [3.05, 3.63) is 146 Å². The van der Waals surface area contributed by atoms with E-state index in [-0.39, 0.29) is 0 Å². The summed E-state index contributed by atoms with van der Waals surface area (Å²) in [5, 5.41) is 9.42. The van der Waals surface area contributed by atoms with E-state index in [2.05, 4.69) is 94.9 Å². The van der Waals surface area contributed by atoms with Crippen molar-refractivity contribution < 1.29 is 0 Å². The minimum atomic E-state index is 0.931. The van der Waals surface area contributed by atoms with Crippen LogP contribution in [-0.2, 0) is 0 Å². The monoisotopic (exact) mass is 560 g/mol. The van der Waals surface area contributed by atoms with Gasteiger partial charge in [0, 0.05) is 68.9 Å². The molecule has 0 fully saturated rings. The molecule has 9 rings (SSSR count). The molecule has 204 valence electrons. The van der Waals surface area contributed by atoms with Crippen LogP contribution in [0.4, 0.5) is 0 Å². The molecule has 0 spiro atoms. The number of aromatic nitrogens is 4. The molecule has 44 heavy (non-hydrogen) atoms. The summed E-state index contributed by atoms with van der Waals surface area (Å²) in [7, 11) is 0. The summed E-state index contributed by atoms with van der Waals surface area (Å²) in [6, 6.07) is 40.8. The molecule has 0 N–H and O–H groups in total. The fraction of sp³-hybridized carbons (Fsp3) is 0. The number of nitrogens with zero attached hydrogens (tertiary/aromatic N) is 4. The fourth-order valence-electron chi connectivity index (χ4n) is 6.69. The largest absolute Gasteiger partial charge is 0.265 e. The molecule has 4 heteroatoms. The highest BCUT2D eigenvalue weighted by molar-refractivity contribution is 6.38. The van der Waals surface area contributed by atoms with Crippen molar-refractivity contribution in [3.63, 3.8) is 0 Å². The Hall–Kier alpha value is -6.00. The first kappa shape index (κ1) is 24.6. The molecule has 0 aliphatic rings. The standard InChI is InChI=1S/C40H24N4/c1-3-8-32-30(6-1)38-35-11-12-36(44-40(35)33-9-4-2-7-31(33)37(38)34-10-5-17-43-39(32)34)29-23-27(25-13-18-41-19-14-25)22-28(24-29)26-15-20-42-21-16-26/h1-24H. The minimum absolute atomic E-state index is 0.931. The Bertz CT molecular complexity index is 2480. The van der Waals surface area contributed by atoms with Gasteiger partial charge in [-0.2, -0.15) is 0 Å². The number of hydrogen-bond acceptors (Lipinski definition) is 4. The van der Waals surface area contributed by atoms with Crippen LogP contribution in [0.25, 0.3) is 87.6 Å². The van der Waals surface area contributed by atoms with Gasteiger partial charge in [0.2, 0.25) is 0 Å². The second-order valence-corrected chi connectivity index (χ2v) is 11.1. The van der Waals surface area contributed by atoms with Crippen LogP contribution in [-0.4, -0.2) is 19.9 Å². The molecule has 0 bridgehead atoms. The van der Waals surface area contributed by atoms with Crippen LogP contribution in [0.2, 0.25) is 0 Å². The van der Waals surface area contributed by atoms with Crippen molar-refractivity contribution in [2.24, 2.45) is 0 Å². The van der Waals surface area contributed by atoms with E-state index < -0.39 is 0 Å². The van der Waals surface area contributed by atoms with Crippen molar-refractivity contribution in [3.8, 4) is 33.5 Å². The summed E-state index contributed by atoms with van der Waals surface area (Å²) < 4.78 is 0. The van der Waals surface area contributed by atoms with Crippen LogP contribution in [0, 0.1) is 0 Å². The molecule has 0 radical (unpaired) electrons. The molecular formula is C40H24N4. The maximum absolute atomic E-state index is 5.44. The second-order valence-electron chi connectivity index (χ2n) is 11.1. The first-order valence-electron chi connectivity index (χ1n) is 14.7. The predicted octanol–water partition coefficient (Wildman–Crippen LogP) is 10.0. The smallest absolute Gasteiger partial charge is 0.0794 e. The van der Waals surface area contributed by atoms with Crippen molar-refractivity contribution in [2.75, 3.05) is 0 Å². The number of fused-ring (bicyclic) bond motifs is 11. The zero-order valence-corrected chi connectivity index (χ0v) is 23.6. The predicted molar refractivity (Wildman–Crippen MR) is 181 cm³/mol. The Kier molecular flexibility index (Phi) is 5.47. The van der Waals surface area contributed by atoms with Gasteiger partial charge in [0.25, 0.3) is 0 Å². The minimum Gasteiger partial charge on any atom is -0.265 e. The maximum Gasteiger partial charge on any atom is 0.0794 e. The third-order valence-electron chi connectivity index (χ3n) is 8.65. The summed E-state index contributed by atoms with van der Waals surface area (Å²) >= 11 is 0. The lowest BCUT2D eigenvalue weighted by Gasteiger charge is -2.16. The van der Waals surface area contributed by atoms with Gasteiger partial charge >= 0.3 is 0 Å². The lowest BCUT2D eigenvalue weighted by atomic mass is 9.89. The highest BCUT2D eigenvalue weighted by atomic mass is 14.7. The molecule has 4 nitrogen and oxygen atoms in total. The first-order chi connectivity index (χ1) is 21.8. The molecule has 0 saturated heterocycles. The third-order valence-corrected chi connectivity index (χ3v) is 8.65. The van der Waals surface area contributed by atoms with E-state index in [4.69, 9.17) is 9.97 Å². The molecule has 0 unspecified atom stereocenters. The average Bonchev–Trinajstić information content (AvgIpc) is 3.12. The fourth-order valence-corrected chi connectivity index (χ4v) is 6.69. The van der Waals surface area contributed by atoms with E-state index in [1.165, 1.54) is 21.5 Å². The number of benzene rings is 5. The van der Waals surface area contributed by atoms with E-state index in [1.54, 1.807) is 0 Å². The van der Waals surface area contributed by atoms with E-state index in [9.17, 15) is 0 Å². The summed E-state index contributed by atoms with van der Waals surface area (Å²) in [4.78, 5) is 18.8. The zero-order valence-electron chi connectivity index (χ0n) is 23.6. The normalized spacial score (nSPS) is 11.6. The van der Waals surface area contributed by atoms with E-state index in [1.807, 2.05) is 61.3 Å². The Labute approximate surface area is 253 Å². The molecule has 0 aliphatic heterocycles. The molecule has 0 atom stereocenters. The summed E-state index contributed by atoms with van der Waals surface area (Å²) in [6.45, 7) is 0. The summed E-state index contributed by atoms with van der Waals surface area (Å²) in [6.07, 6.45) is 9.23. The SMILES string of the molecule is c1ccc2c(c1)c1ncccc1c1c3ccccc3c3nc(-c4cc(-c5ccncc5)cc(-c5ccncc5)c4)ccc3c21. The van der Waals surface area contributed by atoms with Gasteiger partial charge in [-0.15, -0.1) is 0 Å². The van der Waals surface area contributed by atoms with Crippen LogP contribution < -0.4 is 0 Å². The van der Waals surface area contributed by atoms with Crippen LogP contribution in [0.3, 0.4) is 0 Å². The van der Waals surface area contributed by atoms with E-state index in [0.717, 1.165) is 66.1 Å². The Balaban J connectivity index is 1.38. The highest BCUT2D eigenvalue weighted by Crippen LogP contribution is 2.43. The molecule has 0 saturated carbocycles.